The van der Waals surface area contributed by atoms with Crippen molar-refractivity contribution in [3.63, 3.8) is 0 Å². The molecule has 1 nitrogen and oxygen atoms in total. The molecule has 4 aromatic carbocycles. The number of hydrogen-bond acceptors (Lipinski definition) is 1. The van der Waals surface area contributed by atoms with Crippen LogP contribution >= 0.6 is 0 Å². The van der Waals surface area contributed by atoms with Gasteiger partial charge in [-0.2, -0.15) is 0 Å². The first-order valence-corrected chi connectivity index (χ1v) is 10.5. The lowest BCUT2D eigenvalue weighted by Gasteiger charge is -2.08. The van der Waals surface area contributed by atoms with Gasteiger partial charge in [0, 0.05) is 0 Å². The molecule has 0 heterocycles. The highest BCUT2D eigenvalue weighted by Gasteiger charge is 2.04. The van der Waals surface area contributed by atoms with Crippen LogP contribution in [0.25, 0.3) is 32.3 Å². The molecule has 28 heavy (non-hydrogen) atoms. The van der Waals surface area contributed by atoms with Crippen LogP contribution in [0.3, 0.4) is 0 Å². The summed E-state index contributed by atoms with van der Waals surface area (Å²) in [5.41, 5.74) is 1.35. The molecule has 0 saturated carbocycles. The van der Waals surface area contributed by atoms with Crippen LogP contribution in [-0.2, 0) is 0 Å². The summed E-state index contributed by atoms with van der Waals surface area (Å²) in [6.07, 6.45) is 0. The van der Waals surface area contributed by atoms with Gasteiger partial charge >= 0.3 is 0 Å². The van der Waals surface area contributed by atoms with E-state index in [-0.39, 0.29) is 0 Å². The maximum Gasteiger partial charge on any atom is 0.140 e. The monoisotopic (exact) mass is 369 g/mol. The fraction of sp³-hybridized carbons (Fsp3) is 0.308. The molecule has 1 N–H and O–H groups in total. The average Bonchev–Trinajstić information content (AvgIpc) is 2.66. The van der Waals surface area contributed by atoms with Crippen molar-refractivity contribution in [1.29, 1.82) is 0 Å². The first-order valence-electron chi connectivity index (χ1n) is 10.5. The van der Waals surface area contributed by atoms with Gasteiger partial charge in [-0.1, -0.05) is 87.8 Å². The van der Waals surface area contributed by atoms with Gasteiger partial charge in [0.25, 0.3) is 0 Å². The van der Waals surface area contributed by atoms with Gasteiger partial charge in [-0.05, 0) is 69.4 Å². The smallest absolute Gasteiger partial charge is 0.140 e. The lowest BCUT2D eigenvalue weighted by Crippen LogP contribution is -2.23. The molecule has 0 radical (unpaired) electrons. The highest BCUT2D eigenvalue weighted by molar-refractivity contribution is 6.41. The molecule has 0 aliphatic carbocycles. The van der Waals surface area contributed by atoms with E-state index in [2.05, 4.69) is 108 Å². The Labute approximate surface area is 170 Å². The van der Waals surface area contributed by atoms with E-state index in [1.807, 2.05) is 0 Å². The largest absolute Gasteiger partial charge is 0.316 e. The van der Waals surface area contributed by atoms with Crippen molar-refractivity contribution in [3.8, 4) is 0 Å². The molecular formula is C26H32BN. The van der Waals surface area contributed by atoms with E-state index in [0.29, 0.717) is 0 Å². The topological polar surface area (TPSA) is 12.0 Å². The Morgan fingerprint density at radius 1 is 0.679 bits per heavy atom. The van der Waals surface area contributed by atoms with Crippen LogP contribution in [0.4, 0.5) is 0 Å². The van der Waals surface area contributed by atoms with Gasteiger partial charge in [-0.25, -0.2) is 0 Å². The quantitative estimate of drug-likeness (QED) is 0.293. The van der Waals surface area contributed by atoms with Crippen LogP contribution in [0.2, 0.25) is 0 Å². The molecule has 2 heteroatoms. The van der Waals surface area contributed by atoms with Crippen LogP contribution in [0.5, 0.6) is 0 Å². The molecule has 0 bridgehead atoms. The second-order valence-electron chi connectivity index (χ2n) is 8.61. The predicted octanol–water partition coefficient (Wildman–Crippen LogP) is 5.29. The Bertz CT molecular complexity index is 1060. The van der Waals surface area contributed by atoms with E-state index in [0.717, 1.165) is 24.9 Å². The van der Waals surface area contributed by atoms with Crippen LogP contribution in [0.15, 0.2) is 66.7 Å². The van der Waals surface area contributed by atoms with Gasteiger partial charge < -0.3 is 5.32 Å². The van der Waals surface area contributed by atoms with Gasteiger partial charge in [0.1, 0.15) is 7.85 Å². The third kappa shape index (κ3) is 4.94. The molecule has 0 amide bonds. The van der Waals surface area contributed by atoms with Crippen molar-refractivity contribution in [2.75, 3.05) is 13.1 Å². The number of fused-ring (bicyclic) bond motifs is 4. The number of nitrogens with one attached hydrogen (secondary N) is 1. The van der Waals surface area contributed by atoms with E-state index in [1.165, 1.54) is 37.8 Å². The van der Waals surface area contributed by atoms with E-state index in [1.54, 1.807) is 0 Å². The molecule has 0 saturated heterocycles. The van der Waals surface area contributed by atoms with Gasteiger partial charge in [0.2, 0.25) is 0 Å². The molecule has 144 valence electrons. The molecule has 0 spiro atoms. The minimum atomic E-state index is 0.781. The van der Waals surface area contributed by atoms with Crippen molar-refractivity contribution in [1.82, 2.24) is 5.32 Å². The molecule has 0 atom stereocenters. The third-order valence-corrected chi connectivity index (χ3v) is 5.04. The second kappa shape index (κ2) is 9.25. The number of benzene rings is 4. The van der Waals surface area contributed by atoms with E-state index in [9.17, 15) is 0 Å². The first-order chi connectivity index (χ1) is 13.5. The van der Waals surface area contributed by atoms with Crippen molar-refractivity contribution in [3.05, 3.63) is 66.7 Å². The zero-order valence-electron chi connectivity index (χ0n) is 17.9. The Balaban J connectivity index is 0.000000215. The average molecular weight is 369 g/mol. The standard InChI is InChI=1S/C18H13B.C8H19N/c19-17-7-3-6-12-8-9-15-10-13-4-1-2-5-14(13)11-16(15)18(12)17;1-7(2)5-9-6-8(3)4/h1-11H,19H2;7-9H,5-6H2,1-4H3. The first kappa shape index (κ1) is 20.4. The molecular weight excluding hydrogens is 337 g/mol. The normalized spacial score (nSPS) is 11.4. The molecule has 0 aliphatic heterocycles. The Morgan fingerprint density at radius 3 is 1.89 bits per heavy atom. The van der Waals surface area contributed by atoms with Crippen LogP contribution in [0.1, 0.15) is 27.7 Å². The van der Waals surface area contributed by atoms with E-state index >= 15 is 0 Å². The summed E-state index contributed by atoms with van der Waals surface area (Å²) < 4.78 is 0. The SMILES string of the molecule is Bc1cccc2ccc3cc4ccccc4cc3c12.CC(C)CNCC(C)C. The lowest BCUT2D eigenvalue weighted by atomic mass is 9.87. The summed E-state index contributed by atoms with van der Waals surface area (Å²) >= 11 is 0. The Morgan fingerprint density at radius 2 is 1.25 bits per heavy atom. The molecule has 0 fully saturated rings. The Hall–Kier alpha value is -2.32. The van der Waals surface area contributed by atoms with Gasteiger partial charge in [-0.3, -0.25) is 0 Å². The van der Waals surface area contributed by atoms with Crippen molar-refractivity contribution >= 4 is 45.6 Å². The van der Waals surface area contributed by atoms with E-state index < -0.39 is 0 Å². The zero-order valence-corrected chi connectivity index (χ0v) is 17.9. The maximum atomic E-state index is 3.38. The fourth-order valence-corrected chi connectivity index (χ4v) is 3.65. The summed E-state index contributed by atoms with van der Waals surface area (Å²) in [6, 6.07) is 24.1. The zero-order chi connectivity index (χ0) is 20.1. The summed E-state index contributed by atoms with van der Waals surface area (Å²) in [5, 5.41) is 11.4. The lowest BCUT2D eigenvalue weighted by molar-refractivity contribution is 0.497. The predicted molar refractivity (Wildman–Crippen MR) is 130 cm³/mol. The van der Waals surface area contributed by atoms with Crippen LogP contribution < -0.4 is 10.8 Å². The van der Waals surface area contributed by atoms with Crippen molar-refractivity contribution < 1.29 is 0 Å². The highest BCUT2D eigenvalue weighted by Crippen LogP contribution is 2.28. The minimum Gasteiger partial charge on any atom is -0.316 e. The summed E-state index contributed by atoms with van der Waals surface area (Å²) in [6.45, 7) is 11.2. The summed E-state index contributed by atoms with van der Waals surface area (Å²) in [7, 11) is 2.19. The van der Waals surface area contributed by atoms with Crippen LogP contribution in [-0.4, -0.2) is 20.9 Å². The molecule has 0 unspecified atom stereocenters. The van der Waals surface area contributed by atoms with Gasteiger partial charge in [-0.15, -0.1) is 0 Å². The van der Waals surface area contributed by atoms with E-state index in [4.69, 9.17) is 0 Å². The molecule has 0 aromatic heterocycles. The van der Waals surface area contributed by atoms with Crippen molar-refractivity contribution in [2.45, 2.75) is 27.7 Å². The molecule has 4 aromatic rings. The molecule has 4 rings (SSSR count). The third-order valence-electron chi connectivity index (χ3n) is 5.04. The summed E-state index contributed by atoms with van der Waals surface area (Å²) in [5.74, 6) is 1.56. The fourth-order valence-electron chi connectivity index (χ4n) is 3.65. The minimum absolute atomic E-state index is 0.781. The highest BCUT2D eigenvalue weighted by atomic mass is 14.9. The van der Waals surface area contributed by atoms with Crippen LogP contribution in [0, 0.1) is 11.8 Å². The number of hydrogen-bond donors (Lipinski definition) is 1. The second-order valence-corrected chi connectivity index (χ2v) is 8.61. The van der Waals surface area contributed by atoms with Gasteiger partial charge in [0.15, 0.2) is 0 Å². The summed E-state index contributed by atoms with van der Waals surface area (Å²) in [4.78, 5) is 0. The molecule has 0 aliphatic rings. The maximum absolute atomic E-state index is 3.38. The number of rotatable bonds is 4. The van der Waals surface area contributed by atoms with Crippen molar-refractivity contribution in [2.24, 2.45) is 11.8 Å². The Kier molecular flexibility index (Phi) is 6.75. The van der Waals surface area contributed by atoms with Gasteiger partial charge in [0.05, 0.1) is 0 Å².